The van der Waals surface area contributed by atoms with Crippen LogP contribution in [0.2, 0.25) is 5.02 Å². The minimum Gasteiger partial charge on any atom is -0.492 e. The highest BCUT2D eigenvalue weighted by molar-refractivity contribution is 6.30. The predicted molar refractivity (Wildman–Crippen MR) is 87.2 cm³/mol. The van der Waals surface area contributed by atoms with Crippen molar-refractivity contribution in [2.45, 2.75) is 6.54 Å². The lowest BCUT2D eigenvalue weighted by molar-refractivity contribution is 0.300. The van der Waals surface area contributed by atoms with Crippen molar-refractivity contribution in [1.29, 1.82) is 0 Å². The summed E-state index contributed by atoms with van der Waals surface area (Å²) in [5.41, 5.74) is -0.0174. The van der Waals surface area contributed by atoms with E-state index in [4.69, 9.17) is 16.3 Å². The molecular weight excluding hydrogens is 320 g/mol. The summed E-state index contributed by atoms with van der Waals surface area (Å²) in [6.45, 7) is 0.797. The van der Waals surface area contributed by atoms with Crippen molar-refractivity contribution in [3.63, 3.8) is 0 Å². The van der Waals surface area contributed by atoms with Crippen molar-refractivity contribution in [1.82, 2.24) is 18.7 Å². The van der Waals surface area contributed by atoms with Crippen LogP contribution in [0.1, 0.15) is 0 Å². The number of aryl methyl sites for hydroxylation is 1. The highest BCUT2D eigenvalue weighted by Crippen LogP contribution is 2.15. The van der Waals surface area contributed by atoms with Crippen LogP contribution in [0.5, 0.6) is 5.75 Å². The third kappa shape index (κ3) is 2.75. The van der Waals surface area contributed by atoms with E-state index >= 15 is 0 Å². The van der Waals surface area contributed by atoms with Crippen molar-refractivity contribution in [3.05, 3.63) is 56.5 Å². The molecule has 2 heterocycles. The van der Waals surface area contributed by atoms with Gasteiger partial charge in [-0.1, -0.05) is 11.6 Å². The monoisotopic (exact) mass is 334 g/mol. The summed E-state index contributed by atoms with van der Waals surface area (Å²) >= 11 is 5.82. The van der Waals surface area contributed by atoms with Crippen molar-refractivity contribution < 1.29 is 4.74 Å². The summed E-state index contributed by atoms with van der Waals surface area (Å²) in [7, 11) is 3.04. The van der Waals surface area contributed by atoms with Gasteiger partial charge in [-0.2, -0.15) is 0 Å². The summed E-state index contributed by atoms with van der Waals surface area (Å²) in [5.74, 6) is 0.694. The molecule has 23 heavy (non-hydrogen) atoms. The largest absolute Gasteiger partial charge is 0.492 e. The number of aromatic nitrogens is 4. The van der Waals surface area contributed by atoms with Crippen LogP contribution in [0, 0.1) is 0 Å². The molecule has 7 nitrogen and oxygen atoms in total. The number of rotatable bonds is 4. The summed E-state index contributed by atoms with van der Waals surface area (Å²) in [5, 5.41) is 0.641. The van der Waals surface area contributed by atoms with Crippen molar-refractivity contribution in [3.8, 4) is 5.75 Å². The lowest BCUT2D eigenvalue weighted by atomic mass is 10.3. The number of halogens is 1. The van der Waals surface area contributed by atoms with Crippen LogP contribution in [-0.4, -0.2) is 25.3 Å². The summed E-state index contributed by atoms with van der Waals surface area (Å²) in [4.78, 5) is 28.3. The molecule has 0 aliphatic carbocycles. The number of imidazole rings is 1. The second-order valence-corrected chi connectivity index (χ2v) is 5.55. The SMILES string of the molecule is Cn1c(=O)c2c(ncn2CCOc2ccc(Cl)cc2)n(C)c1=O. The van der Waals surface area contributed by atoms with E-state index in [0.29, 0.717) is 35.1 Å². The van der Waals surface area contributed by atoms with Gasteiger partial charge in [-0.05, 0) is 24.3 Å². The van der Waals surface area contributed by atoms with E-state index in [0.717, 1.165) is 4.57 Å². The van der Waals surface area contributed by atoms with Gasteiger partial charge in [0.1, 0.15) is 12.4 Å². The molecule has 2 aromatic heterocycles. The van der Waals surface area contributed by atoms with Gasteiger partial charge in [0.05, 0.1) is 12.9 Å². The lowest BCUT2D eigenvalue weighted by Gasteiger charge is -2.08. The molecule has 0 aliphatic rings. The lowest BCUT2D eigenvalue weighted by Crippen LogP contribution is -2.37. The van der Waals surface area contributed by atoms with E-state index in [1.807, 2.05) is 0 Å². The molecule has 0 N–H and O–H groups in total. The molecule has 0 aliphatic heterocycles. The fourth-order valence-corrected chi connectivity index (χ4v) is 2.49. The van der Waals surface area contributed by atoms with Gasteiger partial charge in [-0.15, -0.1) is 0 Å². The summed E-state index contributed by atoms with van der Waals surface area (Å²) in [6.07, 6.45) is 1.54. The number of fused-ring (bicyclic) bond motifs is 1. The topological polar surface area (TPSA) is 71.0 Å². The number of nitrogens with zero attached hydrogens (tertiary/aromatic N) is 4. The number of hydrogen-bond acceptors (Lipinski definition) is 4. The van der Waals surface area contributed by atoms with Gasteiger partial charge in [0.15, 0.2) is 11.2 Å². The zero-order chi connectivity index (χ0) is 16.6. The molecule has 120 valence electrons. The molecule has 8 heteroatoms. The Labute approximate surface area is 136 Å². The third-order valence-corrected chi connectivity index (χ3v) is 3.88. The Hall–Kier alpha value is -2.54. The standard InChI is InChI=1S/C15H15ClN4O3/c1-18-13-12(14(21)19(2)15(18)22)20(9-17-13)7-8-23-11-5-3-10(16)4-6-11/h3-6,9H,7-8H2,1-2H3. The Morgan fingerprint density at radius 3 is 2.52 bits per heavy atom. The van der Waals surface area contributed by atoms with E-state index < -0.39 is 5.69 Å². The predicted octanol–water partition coefficient (Wildman–Crippen LogP) is 1.17. The fourth-order valence-electron chi connectivity index (χ4n) is 2.36. The normalized spacial score (nSPS) is 11.1. The van der Waals surface area contributed by atoms with Gasteiger partial charge in [0.2, 0.25) is 0 Å². The second kappa shape index (κ2) is 5.92. The minimum atomic E-state index is -0.398. The zero-order valence-corrected chi connectivity index (χ0v) is 13.4. The van der Waals surface area contributed by atoms with E-state index in [-0.39, 0.29) is 5.56 Å². The van der Waals surface area contributed by atoms with Crippen LogP contribution in [0.25, 0.3) is 11.2 Å². The summed E-state index contributed by atoms with van der Waals surface area (Å²) < 4.78 is 9.73. The first-order valence-corrected chi connectivity index (χ1v) is 7.36. The van der Waals surface area contributed by atoms with Gasteiger partial charge >= 0.3 is 5.69 Å². The van der Waals surface area contributed by atoms with Crippen LogP contribution >= 0.6 is 11.6 Å². The smallest absolute Gasteiger partial charge is 0.332 e. The highest BCUT2D eigenvalue weighted by Gasteiger charge is 2.13. The Bertz CT molecular complexity index is 969. The molecule has 1 aromatic carbocycles. The van der Waals surface area contributed by atoms with Crippen molar-refractivity contribution in [2.75, 3.05) is 6.61 Å². The molecule has 0 radical (unpaired) electrons. The zero-order valence-electron chi connectivity index (χ0n) is 12.7. The maximum Gasteiger partial charge on any atom is 0.332 e. The van der Waals surface area contributed by atoms with Gasteiger partial charge in [-0.3, -0.25) is 13.9 Å². The number of ether oxygens (including phenoxy) is 1. The number of hydrogen-bond donors (Lipinski definition) is 0. The van der Waals surface area contributed by atoms with Crippen LogP contribution in [0.3, 0.4) is 0 Å². The highest BCUT2D eigenvalue weighted by atomic mass is 35.5. The Morgan fingerprint density at radius 1 is 1.13 bits per heavy atom. The fraction of sp³-hybridized carbons (Fsp3) is 0.267. The molecule has 0 bridgehead atoms. The Kier molecular flexibility index (Phi) is 3.96. The third-order valence-electron chi connectivity index (χ3n) is 3.63. The van der Waals surface area contributed by atoms with Gasteiger partial charge in [0.25, 0.3) is 5.56 Å². The first kappa shape index (κ1) is 15.4. The second-order valence-electron chi connectivity index (χ2n) is 5.12. The first-order valence-electron chi connectivity index (χ1n) is 6.98. The molecule has 0 spiro atoms. The van der Waals surface area contributed by atoms with Crippen molar-refractivity contribution >= 4 is 22.8 Å². The maximum atomic E-state index is 12.3. The van der Waals surface area contributed by atoms with Gasteiger partial charge in [-0.25, -0.2) is 9.78 Å². The van der Waals surface area contributed by atoms with E-state index in [1.165, 1.54) is 17.9 Å². The van der Waals surface area contributed by atoms with E-state index in [9.17, 15) is 9.59 Å². The van der Waals surface area contributed by atoms with Gasteiger partial charge < -0.3 is 9.30 Å². The molecule has 0 atom stereocenters. The molecule has 0 unspecified atom stereocenters. The quantitative estimate of drug-likeness (QED) is 0.718. The van der Waals surface area contributed by atoms with Crippen LogP contribution in [0.15, 0.2) is 40.2 Å². The Morgan fingerprint density at radius 2 is 1.83 bits per heavy atom. The maximum absolute atomic E-state index is 12.3. The van der Waals surface area contributed by atoms with E-state index in [1.54, 1.807) is 35.9 Å². The summed E-state index contributed by atoms with van der Waals surface area (Å²) in [6, 6.07) is 7.04. The number of benzene rings is 1. The van der Waals surface area contributed by atoms with Crippen LogP contribution < -0.4 is 16.0 Å². The average molecular weight is 335 g/mol. The molecule has 0 saturated carbocycles. The Balaban J connectivity index is 1.85. The molecule has 0 fully saturated rings. The van der Waals surface area contributed by atoms with Crippen LogP contribution in [0.4, 0.5) is 0 Å². The average Bonchev–Trinajstić information content (AvgIpc) is 2.97. The molecule has 3 aromatic rings. The van der Waals surface area contributed by atoms with Crippen molar-refractivity contribution in [2.24, 2.45) is 14.1 Å². The first-order chi connectivity index (χ1) is 11.0. The minimum absolute atomic E-state index is 0.360. The molecule has 0 saturated heterocycles. The molecule has 3 rings (SSSR count). The van der Waals surface area contributed by atoms with E-state index in [2.05, 4.69) is 4.98 Å². The molecule has 0 amide bonds. The van der Waals surface area contributed by atoms with Gasteiger partial charge in [0, 0.05) is 19.1 Å². The molecular formula is C15H15ClN4O3. The van der Waals surface area contributed by atoms with Crippen LogP contribution in [-0.2, 0) is 20.6 Å².